The number of rotatable bonds is 3. The fraction of sp³-hybridized carbons (Fsp3) is 0.118. The first-order valence-electron chi connectivity index (χ1n) is 6.67. The number of halogens is 1. The van der Waals surface area contributed by atoms with Crippen molar-refractivity contribution in [3.63, 3.8) is 0 Å². The fourth-order valence-corrected chi connectivity index (χ4v) is 2.71. The summed E-state index contributed by atoms with van der Waals surface area (Å²) in [5, 5.41) is 1.07. The molecule has 106 valence electrons. The number of pyridine rings is 1. The van der Waals surface area contributed by atoms with Crippen molar-refractivity contribution in [2.75, 3.05) is 5.73 Å². The van der Waals surface area contributed by atoms with E-state index in [0.717, 1.165) is 32.4 Å². The van der Waals surface area contributed by atoms with Gasteiger partial charge in [0.05, 0.1) is 0 Å². The van der Waals surface area contributed by atoms with Crippen LogP contribution in [0.15, 0.2) is 53.0 Å². The van der Waals surface area contributed by atoms with E-state index in [1.165, 1.54) is 0 Å². The molecule has 1 aromatic heterocycles. The fourth-order valence-electron chi connectivity index (χ4n) is 2.21. The summed E-state index contributed by atoms with van der Waals surface area (Å²) < 4.78 is 6.90. The van der Waals surface area contributed by atoms with Crippen molar-refractivity contribution < 1.29 is 4.74 Å². The van der Waals surface area contributed by atoms with E-state index in [2.05, 4.69) is 27.0 Å². The molecular weight excluding hydrogens is 328 g/mol. The Bertz CT molecular complexity index is 782. The number of fused-ring (bicyclic) bond motifs is 1. The van der Waals surface area contributed by atoms with Crippen molar-refractivity contribution in [2.45, 2.75) is 13.5 Å². The maximum Gasteiger partial charge on any atom is 0.146 e. The van der Waals surface area contributed by atoms with Crippen LogP contribution in [0.3, 0.4) is 0 Å². The summed E-state index contributed by atoms with van der Waals surface area (Å²) in [7, 11) is 0. The van der Waals surface area contributed by atoms with E-state index in [1.54, 1.807) is 0 Å². The molecule has 3 rings (SSSR count). The Morgan fingerprint density at radius 2 is 1.90 bits per heavy atom. The van der Waals surface area contributed by atoms with Crippen molar-refractivity contribution >= 4 is 32.5 Å². The van der Waals surface area contributed by atoms with Gasteiger partial charge in [-0.3, -0.25) is 0 Å². The van der Waals surface area contributed by atoms with E-state index in [9.17, 15) is 0 Å². The largest absolute Gasteiger partial charge is 0.486 e. The van der Waals surface area contributed by atoms with Crippen molar-refractivity contribution in [3.8, 4) is 5.75 Å². The van der Waals surface area contributed by atoms with E-state index in [1.807, 2.05) is 49.4 Å². The Hall–Kier alpha value is -2.07. The average molecular weight is 343 g/mol. The monoisotopic (exact) mass is 342 g/mol. The molecule has 3 aromatic rings. The lowest BCUT2D eigenvalue weighted by molar-refractivity contribution is 0.309. The maximum absolute atomic E-state index is 6.00. The molecule has 0 aliphatic heterocycles. The minimum atomic E-state index is 0.405. The number of para-hydroxylation sites is 1. The topological polar surface area (TPSA) is 48.1 Å². The highest BCUT2D eigenvalue weighted by molar-refractivity contribution is 9.10. The van der Waals surface area contributed by atoms with E-state index < -0.39 is 0 Å². The van der Waals surface area contributed by atoms with Crippen molar-refractivity contribution in [1.82, 2.24) is 4.98 Å². The number of anilines is 1. The number of aryl methyl sites for hydroxylation is 1. The average Bonchev–Trinajstić information content (AvgIpc) is 2.47. The molecule has 0 saturated carbocycles. The number of hydrogen-bond donors (Lipinski definition) is 1. The van der Waals surface area contributed by atoms with Gasteiger partial charge >= 0.3 is 0 Å². The van der Waals surface area contributed by atoms with Gasteiger partial charge in [-0.25, -0.2) is 4.98 Å². The molecule has 0 radical (unpaired) electrons. The second kappa shape index (κ2) is 5.74. The molecule has 0 fully saturated rings. The van der Waals surface area contributed by atoms with Crippen LogP contribution in [0.1, 0.15) is 11.3 Å². The van der Waals surface area contributed by atoms with Gasteiger partial charge in [0.25, 0.3) is 0 Å². The molecule has 0 amide bonds. The first kappa shape index (κ1) is 13.9. The lowest BCUT2D eigenvalue weighted by Crippen LogP contribution is -2.02. The van der Waals surface area contributed by atoms with Crippen LogP contribution in [-0.4, -0.2) is 4.98 Å². The van der Waals surface area contributed by atoms with Gasteiger partial charge in [-0.05, 0) is 31.2 Å². The van der Waals surface area contributed by atoms with Crippen molar-refractivity contribution in [1.29, 1.82) is 0 Å². The van der Waals surface area contributed by atoms with Crippen LogP contribution in [0, 0.1) is 6.92 Å². The minimum Gasteiger partial charge on any atom is -0.486 e. The Morgan fingerprint density at radius 1 is 1.10 bits per heavy atom. The van der Waals surface area contributed by atoms with E-state index in [0.29, 0.717) is 12.3 Å². The van der Waals surface area contributed by atoms with Gasteiger partial charge < -0.3 is 10.5 Å². The first-order chi connectivity index (χ1) is 10.1. The lowest BCUT2D eigenvalue weighted by Gasteiger charge is -2.12. The van der Waals surface area contributed by atoms with Gasteiger partial charge in [-0.1, -0.05) is 40.2 Å². The third kappa shape index (κ3) is 2.85. The van der Waals surface area contributed by atoms with E-state index in [-0.39, 0.29) is 0 Å². The summed E-state index contributed by atoms with van der Waals surface area (Å²) >= 11 is 3.51. The molecule has 0 spiro atoms. The molecule has 0 aliphatic rings. The zero-order chi connectivity index (χ0) is 14.8. The molecule has 2 aromatic carbocycles. The molecule has 4 heteroatoms. The van der Waals surface area contributed by atoms with E-state index >= 15 is 0 Å². The molecule has 0 saturated heterocycles. The quantitative estimate of drug-likeness (QED) is 0.714. The number of ether oxygens (including phenoxy) is 1. The molecular formula is C17H15BrN2O. The Morgan fingerprint density at radius 3 is 2.71 bits per heavy atom. The predicted molar refractivity (Wildman–Crippen MR) is 89.4 cm³/mol. The molecule has 3 nitrogen and oxygen atoms in total. The summed E-state index contributed by atoms with van der Waals surface area (Å²) in [5.74, 6) is 0.770. The SMILES string of the molecule is Cc1ccc2cccc(OCc3c(N)cccc3Br)c2n1. The minimum absolute atomic E-state index is 0.405. The molecule has 2 N–H and O–H groups in total. The molecule has 0 aliphatic carbocycles. The Kier molecular flexibility index (Phi) is 3.80. The molecule has 21 heavy (non-hydrogen) atoms. The van der Waals surface area contributed by atoms with Crippen LogP contribution in [0.25, 0.3) is 10.9 Å². The third-order valence-corrected chi connectivity index (χ3v) is 4.09. The molecule has 0 bridgehead atoms. The van der Waals surface area contributed by atoms with Gasteiger partial charge in [0.1, 0.15) is 17.9 Å². The Balaban J connectivity index is 1.94. The second-order valence-corrected chi connectivity index (χ2v) is 5.73. The van der Waals surface area contributed by atoms with Gasteiger partial charge in [0, 0.05) is 26.8 Å². The normalized spacial score (nSPS) is 10.8. The number of benzene rings is 2. The van der Waals surface area contributed by atoms with Crippen LogP contribution < -0.4 is 10.5 Å². The summed E-state index contributed by atoms with van der Waals surface area (Å²) in [6.45, 7) is 2.38. The molecule has 0 unspecified atom stereocenters. The van der Waals surface area contributed by atoms with Crippen molar-refractivity contribution in [3.05, 3.63) is 64.3 Å². The lowest BCUT2D eigenvalue weighted by atomic mass is 10.2. The number of nitrogen functional groups attached to an aromatic ring is 1. The standard InChI is InChI=1S/C17H15BrN2O/c1-11-8-9-12-4-2-7-16(17(12)20-11)21-10-13-14(18)5-3-6-15(13)19/h2-9H,10,19H2,1H3. The number of aromatic nitrogens is 1. The predicted octanol–water partition coefficient (Wildman–Crippen LogP) is 4.47. The van der Waals surface area contributed by atoms with E-state index in [4.69, 9.17) is 10.5 Å². The highest BCUT2D eigenvalue weighted by Crippen LogP contribution is 2.28. The number of nitrogens with zero attached hydrogens (tertiary/aromatic N) is 1. The highest BCUT2D eigenvalue weighted by Gasteiger charge is 2.08. The van der Waals surface area contributed by atoms with Gasteiger partial charge in [-0.15, -0.1) is 0 Å². The summed E-state index contributed by atoms with van der Waals surface area (Å²) in [4.78, 5) is 4.56. The highest BCUT2D eigenvalue weighted by atomic mass is 79.9. The van der Waals surface area contributed by atoms with Crippen molar-refractivity contribution in [2.24, 2.45) is 0 Å². The van der Waals surface area contributed by atoms with Crippen LogP contribution in [0.2, 0.25) is 0 Å². The van der Waals surface area contributed by atoms with Gasteiger partial charge in [0.15, 0.2) is 0 Å². The number of hydrogen-bond acceptors (Lipinski definition) is 3. The molecule has 1 heterocycles. The van der Waals surface area contributed by atoms with Gasteiger partial charge in [-0.2, -0.15) is 0 Å². The third-order valence-electron chi connectivity index (χ3n) is 3.35. The zero-order valence-corrected chi connectivity index (χ0v) is 13.2. The first-order valence-corrected chi connectivity index (χ1v) is 7.46. The Labute approximate surface area is 131 Å². The molecule has 0 atom stereocenters. The van der Waals surface area contributed by atoms with Crippen LogP contribution in [-0.2, 0) is 6.61 Å². The number of nitrogens with two attached hydrogens (primary N) is 1. The smallest absolute Gasteiger partial charge is 0.146 e. The van der Waals surface area contributed by atoms with Gasteiger partial charge in [0.2, 0.25) is 0 Å². The van der Waals surface area contributed by atoms with Crippen LogP contribution >= 0.6 is 15.9 Å². The van der Waals surface area contributed by atoms with Crippen LogP contribution in [0.5, 0.6) is 5.75 Å². The summed E-state index contributed by atoms with van der Waals surface area (Å²) in [5.41, 5.74) is 9.51. The van der Waals surface area contributed by atoms with Crippen LogP contribution in [0.4, 0.5) is 5.69 Å². The second-order valence-electron chi connectivity index (χ2n) is 4.88. The zero-order valence-electron chi connectivity index (χ0n) is 11.6. The summed E-state index contributed by atoms with van der Waals surface area (Å²) in [6, 6.07) is 15.7. The summed E-state index contributed by atoms with van der Waals surface area (Å²) in [6.07, 6.45) is 0. The maximum atomic E-state index is 6.00.